The Hall–Kier alpha value is -1.59. The fraction of sp³-hybridized carbons (Fsp3) is 0.308. The first kappa shape index (κ1) is 12.9. The van der Waals surface area contributed by atoms with E-state index >= 15 is 0 Å². The van der Waals surface area contributed by atoms with Crippen molar-refractivity contribution in [1.82, 2.24) is 0 Å². The zero-order valence-electron chi connectivity index (χ0n) is 10.4. The maximum absolute atomic E-state index is 10.00. The van der Waals surface area contributed by atoms with Crippen LogP contribution < -0.4 is 10.2 Å². The summed E-state index contributed by atoms with van der Waals surface area (Å²) in [4.78, 5) is 0. The second-order valence-corrected chi connectivity index (χ2v) is 4.33. The first-order valence-corrected chi connectivity index (χ1v) is 6.07. The molecule has 2 rings (SSSR count). The molecule has 0 radical (unpaired) electrons. The summed E-state index contributed by atoms with van der Waals surface area (Å²) in [6.07, 6.45) is 6.62. The molecule has 0 bridgehead atoms. The summed E-state index contributed by atoms with van der Waals surface area (Å²) in [5.74, 6) is 1.20. The van der Waals surface area contributed by atoms with Gasteiger partial charge in [0.05, 0.1) is 19.6 Å². The SMILES string of the molecule is COc1ccc([B-](O)(O)OC2=CCCC[CH+]2)cc1. The number of benzene rings is 1. The van der Waals surface area contributed by atoms with E-state index in [9.17, 15) is 10.0 Å². The number of rotatable bonds is 4. The maximum Gasteiger partial charge on any atom is 0.463 e. The molecule has 0 saturated heterocycles. The molecule has 0 aromatic heterocycles. The highest BCUT2D eigenvalue weighted by Gasteiger charge is 2.29. The molecule has 0 amide bonds. The predicted molar refractivity (Wildman–Crippen MR) is 70.1 cm³/mol. The quantitative estimate of drug-likeness (QED) is 0.619. The molecule has 0 atom stereocenters. The van der Waals surface area contributed by atoms with Crippen LogP contribution in [-0.4, -0.2) is 23.9 Å². The topological polar surface area (TPSA) is 58.9 Å². The third kappa shape index (κ3) is 3.00. The summed E-state index contributed by atoms with van der Waals surface area (Å²) >= 11 is 0. The minimum absolute atomic E-state index is 0.329. The molecule has 1 aromatic rings. The van der Waals surface area contributed by atoms with Crippen LogP contribution in [0, 0.1) is 6.42 Å². The van der Waals surface area contributed by atoms with Crippen molar-refractivity contribution in [1.29, 1.82) is 0 Å². The van der Waals surface area contributed by atoms with Gasteiger partial charge in [0.25, 0.3) is 0 Å². The number of ether oxygens (including phenoxy) is 1. The molecule has 2 N–H and O–H groups in total. The van der Waals surface area contributed by atoms with Gasteiger partial charge in [0, 0.05) is 12.8 Å². The highest BCUT2D eigenvalue weighted by molar-refractivity contribution is 6.73. The van der Waals surface area contributed by atoms with Crippen LogP contribution in [0.5, 0.6) is 5.75 Å². The summed E-state index contributed by atoms with van der Waals surface area (Å²) in [7, 11) is 1.56. The van der Waals surface area contributed by atoms with Gasteiger partial charge < -0.3 is 19.4 Å². The van der Waals surface area contributed by atoms with Crippen molar-refractivity contribution in [3.63, 3.8) is 0 Å². The van der Waals surface area contributed by atoms with E-state index in [1.165, 1.54) is 0 Å². The second kappa shape index (κ2) is 5.37. The first-order valence-electron chi connectivity index (χ1n) is 6.07. The first-order chi connectivity index (χ1) is 8.62. The monoisotopic (exact) mass is 248 g/mol. The van der Waals surface area contributed by atoms with Crippen LogP contribution in [-0.2, 0) is 4.65 Å². The van der Waals surface area contributed by atoms with E-state index in [1.54, 1.807) is 31.4 Å². The minimum Gasteiger partial charge on any atom is -0.636 e. The molecule has 18 heavy (non-hydrogen) atoms. The van der Waals surface area contributed by atoms with E-state index in [0.29, 0.717) is 17.0 Å². The Morgan fingerprint density at radius 2 is 1.94 bits per heavy atom. The molecular weight excluding hydrogens is 231 g/mol. The van der Waals surface area contributed by atoms with E-state index in [2.05, 4.69) is 0 Å². The van der Waals surface area contributed by atoms with E-state index in [1.807, 2.05) is 12.5 Å². The lowest BCUT2D eigenvalue weighted by Gasteiger charge is -2.30. The summed E-state index contributed by atoms with van der Waals surface area (Å²) in [6, 6.07) is 6.51. The Kier molecular flexibility index (Phi) is 3.84. The second-order valence-electron chi connectivity index (χ2n) is 4.33. The summed E-state index contributed by atoms with van der Waals surface area (Å²) in [5, 5.41) is 20.0. The summed E-state index contributed by atoms with van der Waals surface area (Å²) in [5.41, 5.74) is 0.329. The molecule has 1 aliphatic rings. The van der Waals surface area contributed by atoms with Crippen LogP contribution in [0.15, 0.2) is 36.1 Å². The Morgan fingerprint density at radius 3 is 2.50 bits per heavy atom. The van der Waals surface area contributed by atoms with Gasteiger partial charge in [0.15, 0.2) is 0 Å². The number of allylic oxidation sites excluding steroid dienone is 2. The van der Waals surface area contributed by atoms with Crippen LogP contribution in [0.2, 0.25) is 0 Å². The van der Waals surface area contributed by atoms with Gasteiger partial charge in [-0.1, -0.05) is 12.1 Å². The third-order valence-electron chi connectivity index (χ3n) is 2.95. The van der Waals surface area contributed by atoms with Gasteiger partial charge in [-0.05, 0) is 18.6 Å². The van der Waals surface area contributed by atoms with Crippen molar-refractivity contribution in [2.45, 2.75) is 19.3 Å². The van der Waals surface area contributed by atoms with Crippen molar-refractivity contribution < 1.29 is 19.4 Å². The lowest BCUT2D eigenvalue weighted by molar-refractivity contribution is 0.212. The zero-order chi connectivity index (χ0) is 13.0. The molecule has 5 heteroatoms. The van der Waals surface area contributed by atoms with E-state index in [4.69, 9.17) is 9.39 Å². The lowest BCUT2D eigenvalue weighted by Crippen LogP contribution is -2.51. The van der Waals surface area contributed by atoms with E-state index < -0.39 is 6.75 Å². The van der Waals surface area contributed by atoms with Gasteiger partial charge in [-0.2, -0.15) is 0 Å². The van der Waals surface area contributed by atoms with Crippen molar-refractivity contribution in [3.8, 4) is 5.75 Å². The van der Waals surface area contributed by atoms with Crippen molar-refractivity contribution in [3.05, 3.63) is 42.5 Å². The van der Waals surface area contributed by atoms with E-state index in [0.717, 1.165) is 19.3 Å². The van der Waals surface area contributed by atoms with Crippen molar-refractivity contribution in [2.75, 3.05) is 7.11 Å². The molecule has 4 nitrogen and oxygen atoms in total. The highest BCUT2D eigenvalue weighted by atomic mass is 16.6. The Balaban J connectivity index is 2.10. The van der Waals surface area contributed by atoms with Crippen molar-refractivity contribution in [2.24, 2.45) is 0 Å². The van der Waals surface area contributed by atoms with Gasteiger partial charge >= 0.3 is 6.75 Å². The van der Waals surface area contributed by atoms with Gasteiger partial charge in [0.1, 0.15) is 5.75 Å². The van der Waals surface area contributed by atoms with E-state index in [-0.39, 0.29) is 0 Å². The molecule has 0 aliphatic heterocycles. The zero-order valence-corrected chi connectivity index (χ0v) is 10.4. The molecule has 96 valence electrons. The number of methoxy groups -OCH3 is 1. The average Bonchev–Trinajstić information content (AvgIpc) is 2.39. The van der Waals surface area contributed by atoms with Crippen LogP contribution in [0.3, 0.4) is 0 Å². The molecule has 0 heterocycles. The van der Waals surface area contributed by atoms with Gasteiger partial charge in [-0.15, -0.1) is 5.46 Å². The number of hydrogen-bond donors (Lipinski definition) is 2. The highest BCUT2D eigenvalue weighted by Crippen LogP contribution is 2.20. The fourth-order valence-corrected chi connectivity index (χ4v) is 1.90. The van der Waals surface area contributed by atoms with Crippen LogP contribution in [0.1, 0.15) is 19.3 Å². The molecule has 1 aromatic carbocycles. The maximum atomic E-state index is 10.00. The summed E-state index contributed by atoms with van der Waals surface area (Å²) < 4.78 is 10.3. The van der Waals surface area contributed by atoms with Gasteiger partial charge in [-0.25, -0.2) is 0 Å². The van der Waals surface area contributed by atoms with Crippen molar-refractivity contribution >= 4 is 12.2 Å². The standard InChI is InChI=1S/C13H17BO4/c1-17-12-9-7-11(8-10-12)14(15,16)18-13-5-3-2-4-6-13/h5-10,15-16H,2-4H2,1H3. The van der Waals surface area contributed by atoms with Gasteiger partial charge in [-0.3, -0.25) is 0 Å². The third-order valence-corrected chi connectivity index (χ3v) is 2.95. The smallest absolute Gasteiger partial charge is 0.463 e. The normalized spacial score (nSPS) is 15.6. The molecule has 0 unspecified atom stereocenters. The Labute approximate surface area is 107 Å². The predicted octanol–water partition coefficient (Wildman–Crippen LogP) is 1.11. The molecule has 0 saturated carbocycles. The average molecular weight is 248 g/mol. The van der Waals surface area contributed by atoms with Crippen LogP contribution >= 0.6 is 0 Å². The lowest BCUT2D eigenvalue weighted by atomic mass is 9.70. The molecule has 1 aliphatic carbocycles. The fourth-order valence-electron chi connectivity index (χ4n) is 1.90. The largest absolute Gasteiger partial charge is 0.636 e. The molecule has 0 fully saturated rings. The molecule has 0 spiro atoms. The van der Waals surface area contributed by atoms with Crippen LogP contribution in [0.4, 0.5) is 0 Å². The number of hydrogen-bond acceptors (Lipinski definition) is 4. The Bertz CT molecular complexity index is 425. The molecular formula is C13H17BO4. The van der Waals surface area contributed by atoms with Gasteiger partial charge in [0.2, 0.25) is 5.76 Å². The Morgan fingerprint density at radius 1 is 1.22 bits per heavy atom. The summed E-state index contributed by atoms with van der Waals surface area (Å²) in [6.45, 7) is -3.01. The van der Waals surface area contributed by atoms with Crippen LogP contribution in [0.25, 0.3) is 0 Å². The minimum atomic E-state index is -3.01.